The first-order valence-corrected chi connectivity index (χ1v) is 11.0. The van der Waals surface area contributed by atoms with Crippen LogP contribution in [0, 0.1) is 0 Å². The van der Waals surface area contributed by atoms with Crippen LogP contribution >= 0.6 is 0 Å². The van der Waals surface area contributed by atoms with Gasteiger partial charge in [0.1, 0.15) is 17.1 Å². The second-order valence-electron chi connectivity index (χ2n) is 8.03. The van der Waals surface area contributed by atoms with Crippen molar-refractivity contribution in [3.05, 3.63) is 84.5 Å². The van der Waals surface area contributed by atoms with E-state index in [1.165, 1.54) is 0 Å². The fourth-order valence-corrected chi connectivity index (χ4v) is 2.49. The largest absolute Gasteiger partial charge is 0.508 e. The maximum absolute atomic E-state index is 10.5. The molecule has 33 heavy (non-hydrogen) atoms. The number of hydrogen-bond donors (Lipinski definition) is 1. The van der Waals surface area contributed by atoms with Gasteiger partial charge in [-0.1, -0.05) is 62.1 Å². The van der Waals surface area contributed by atoms with E-state index in [4.69, 9.17) is 14.2 Å². The van der Waals surface area contributed by atoms with E-state index in [0.29, 0.717) is 6.61 Å². The minimum atomic E-state index is -0.398. The van der Waals surface area contributed by atoms with Gasteiger partial charge in [-0.15, -0.1) is 0 Å². The summed E-state index contributed by atoms with van der Waals surface area (Å²) in [7, 11) is 0. The lowest BCUT2D eigenvalue weighted by Crippen LogP contribution is -2.22. The third kappa shape index (κ3) is 13.0. The van der Waals surface area contributed by atoms with Crippen molar-refractivity contribution in [1.82, 2.24) is 0 Å². The van der Waals surface area contributed by atoms with Crippen LogP contribution in [0.1, 0.15) is 52.2 Å². The summed E-state index contributed by atoms with van der Waals surface area (Å²) in [6.07, 6.45) is 9.76. The van der Waals surface area contributed by atoms with Crippen LogP contribution in [0.4, 0.5) is 0 Å². The van der Waals surface area contributed by atoms with Gasteiger partial charge in [-0.2, -0.15) is 0 Å². The zero-order valence-electron chi connectivity index (χ0n) is 20.3. The number of esters is 1. The minimum absolute atomic E-state index is 0.190. The molecule has 1 unspecified atom stereocenters. The van der Waals surface area contributed by atoms with Gasteiger partial charge in [0.05, 0.1) is 0 Å². The highest BCUT2D eigenvalue weighted by atomic mass is 16.7. The van der Waals surface area contributed by atoms with E-state index in [0.717, 1.165) is 29.4 Å². The third-order valence-corrected chi connectivity index (χ3v) is 3.99. The molecule has 0 radical (unpaired) electrons. The maximum Gasteiger partial charge on any atom is 0.330 e. The quantitative estimate of drug-likeness (QED) is 0.196. The van der Waals surface area contributed by atoms with E-state index in [1.807, 2.05) is 95.3 Å². The van der Waals surface area contributed by atoms with E-state index in [-0.39, 0.29) is 18.0 Å². The molecule has 2 aromatic carbocycles. The van der Waals surface area contributed by atoms with Gasteiger partial charge < -0.3 is 19.3 Å². The van der Waals surface area contributed by atoms with E-state index in [1.54, 1.807) is 12.1 Å². The highest BCUT2D eigenvalue weighted by molar-refractivity contribution is 5.81. The number of ether oxygens (including phenoxy) is 3. The Hall–Kier alpha value is -3.31. The zero-order chi connectivity index (χ0) is 24.7. The number of allylic oxidation sites excluding steroid dienone is 2. The average molecular weight is 453 g/mol. The van der Waals surface area contributed by atoms with Crippen molar-refractivity contribution in [3.63, 3.8) is 0 Å². The van der Waals surface area contributed by atoms with Crippen molar-refractivity contribution < 1.29 is 24.1 Å². The van der Waals surface area contributed by atoms with Crippen LogP contribution in [0.3, 0.4) is 0 Å². The fraction of sp³-hybridized carbons (Fsp3) is 0.321. The normalized spacial score (nSPS) is 12.2. The summed E-state index contributed by atoms with van der Waals surface area (Å²) in [5.74, 6) is 0.717. The SMILES string of the molecule is C=CC(=O)OC(C)(C)C.CCOC(CC)Oc1ccc(C=CC=Cc2ccc(O)cc2)cc1. The van der Waals surface area contributed by atoms with Crippen LogP contribution in [0.2, 0.25) is 0 Å². The summed E-state index contributed by atoms with van der Waals surface area (Å²) in [6.45, 7) is 13.4. The van der Waals surface area contributed by atoms with E-state index < -0.39 is 5.60 Å². The number of rotatable bonds is 9. The predicted molar refractivity (Wildman–Crippen MR) is 135 cm³/mol. The monoisotopic (exact) mass is 452 g/mol. The molecule has 0 saturated carbocycles. The third-order valence-electron chi connectivity index (χ3n) is 3.99. The molecule has 0 aromatic heterocycles. The first-order chi connectivity index (χ1) is 15.7. The smallest absolute Gasteiger partial charge is 0.330 e. The summed E-state index contributed by atoms with van der Waals surface area (Å²) in [6, 6.07) is 15.0. The molecule has 2 rings (SSSR count). The number of carbonyl (C=O) groups excluding carboxylic acids is 1. The number of benzene rings is 2. The second kappa shape index (κ2) is 14.7. The van der Waals surface area contributed by atoms with Gasteiger partial charge in [0, 0.05) is 19.1 Å². The summed E-state index contributed by atoms with van der Waals surface area (Å²) in [4.78, 5) is 10.5. The number of phenols is 1. The van der Waals surface area contributed by atoms with Gasteiger partial charge in [0.2, 0.25) is 0 Å². The maximum atomic E-state index is 10.5. The average Bonchev–Trinajstić information content (AvgIpc) is 2.78. The molecule has 0 aliphatic heterocycles. The van der Waals surface area contributed by atoms with Crippen LogP contribution in [0.5, 0.6) is 11.5 Å². The molecule has 2 aromatic rings. The van der Waals surface area contributed by atoms with Gasteiger partial charge in [-0.25, -0.2) is 4.79 Å². The first kappa shape index (κ1) is 27.7. The molecule has 5 nitrogen and oxygen atoms in total. The van der Waals surface area contributed by atoms with E-state index >= 15 is 0 Å². The summed E-state index contributed by atoms with van der Waals surface area (Å²) < 4.78 is 16.1. The number of carbonyl (C=O) groups is 1. The Labute approximate surface area is 198 Å². The Morgan fingerprint density at radius 2 is 1.48 bits per heavy atom. The fourth-order valence-electron chi connectivity index (χ4n) is 2.49. The summed E-state index contributed by atoms with van der Waals surface area (Å²) >= 11 is 0. The summed E-state index contributed by atoms with van der Waals surface area (Å²) in [5, 5.41) is 9.24. The van der Waals surface area contributed by atoms with Crippen molar-refractivity contribution in [1.29, 1.82) is 0 Å². The summed E-state index contributed by atoms with van der Waals surface area (Å²) in [5.41, 5.74) is 1.75. The molecule has 0 spiro atoms. The second-order valence-corrected chi connectivity index (χ2v) is 8.03. The topological polar surface area (TPSA) is 65.0 Å². The lowest BCUT2D eigenvalue weighted by atomic mass is 10.2. The van der Waals surface area contributed by atoms with Crippen LogP contribution in [0.15, 0.2) is 73.3 Å². The molecule has 0 heterocycles. The molecule has 1 N–H and O–H groups in total. The molecule has 178 valence electrons. The molecule has 1 atom stereocenters. The van der Waals surface area contributed by atoms with Crippen LogP contribution in [-0.4, -0.2) is 29.6 Å². The van der Waals surface area contributed by atoms with E-state index in [2.05, 4.69) is 6.58 Å². The lowest BCUT2D eigenvalue weighted by molar-refractivity contribution is -0.148. The van der Waals surface area contributed by atoms with E-state index in [9.17, 15) is 9.90 Å². The Morgan fingerprint density at radius 3 is 1.88 bits per heavy atom. The molecule has 0 amide bonds. The molecule has 0 fully saturated rings. The predicted octanol–water partition coefficient (Wildman–Crippen LogP) is 6.78. The van der Waals surface area contributed by atoms with Gasteiger partial charge >= 0.3 is 5.97 Å². The number of aromatic hydroxyl groups is 1. The molecular weight excluding hydrogens is 416 g/mol. The first-order valence-electron chi connectivity index (χ1n) is 11.0. The minimum Gasteiger partial charge on any atom is -0.508 e. The van der Waals surface area contributed by atoms with Gasteiger partial charge in [-0.05, 0) is 63.1 Å². The molecule has 5 heteroatoms. The van der Waals surface area contributed by atoms with Gasteiger partial charge in [0.25, 0.3) is 0 Å². The number of hydrogen-bond acceptors (Lipinski definition) is 5. The Morgan fingerprint density at radius 1 is 0.970 bits per heavy atom. The highest BCUT2D eigenvalue weighted by Gasteiger charge is 2.13. The zero-order valence-corrected chi connectivity index (χ0v) is 20.3. The molecule has 0 bridgehead atoms. The lowest BCUT2D eigenvalue weighted by Gasteiger charge is -2.17. The van der Waals surface area contributed by atoms with Crippen LogP contribution in [-0.2, 0) is 14.3 Å². The van der Waals surface area contributed by atoms with Crippen LogP contribution < -0.4 is 4.74 Å². The molecular formula is C28H36O5. The van der Waals surface area contributed by atoms with Crippen molar-refractivity contribution in [3.8, 4) is 11.5 Å². The standard InChI is InChI=1S/C21H24O3.C7H12O2/c1-3-21(23-4-2)24-20-15-11-18(12-16-20)8-6-5-7-17-9-13-19(22)14-10-17;1-5-6(8)9-7(2,3)4/h5-16,21-22H,3-4H2,1-2H3;5H,1H2,2-4H3. The molecule has 0 aliphatic rings. The van der Waals surface area contributed by atoms with Crippen LogP contribution in [0.25, 0.3) is 12.2 Å². The van der Waals surface area contributed by atoms with Crippen molar-refractivity contribution >= 4 is 18.1 Å². The Kier molecular flexibility index (Phi) is 12.3. The number of phenolic OH excluding ortho intramolecular Hbond substituents is 1. The Balaban J connectivity index is 0.000000513. The molecule has 0 saturated heterocycles. The Bertz CT molecular complexity index is 887. The van der Waals surface area contributed by atoms with Crippen molar-refractivity contribution in [2.45, 2.75) is 52.9 Å². The van der Waals surface area contributed by atoms with Gasteiger partial charge in [0.15, 0.2) is 6.29 Å². The highest BCUT2D eigenvalue weighted by Crippen LogP contribution is 2.17. The van der Waals surface area contributed by atoms with Gasteiger partial charge in [-0.3, -0.25) is 0 Å². The van der Waals surface area contributed by atoms with Crippen molar-refractivity contribution in [2.24, 2.45) is 0 Å². The molecule has 0 aliphatic carbocycles. The van der Waals surface area contributed by atoms with Crippen molar-refractivity contribution in [2.75, 3.05) is 6.61 Å².